The second-order valence-electron chi connectivity index (χ2n) is 9.17. The first-order valence-electron chi connectivity index (χ1n) is 12.7. The van der Waals surface area contributed by atoms with Gasteiger partial charge in [-0.2, -0.15) is 13.2 Å². The smallest absolute Gasteiger partial charge is 0.486 e. The van der Waals surface area contributed by atoms with Gasteiger partial charge < -0.3 is 29.0 Å². The Balaban J connectivity index is 1.46. The SMILES string of the molecule is COC(=O)CCC(=O)C(C(=O)COc1ccc(Oc2ccc(C(F)(F)F)cc2)cc1)c1cc2cc(OC(=O)O)ccc2[nH]1. The summed E-state index contributed by atoms with van der Waals surface area (Å²) in [5.41, 5.74) is -0.0816. The van der Waals surface area contributed by atoms with E-state index in [9.17, 15) is 32.3 Å². The lowest BCUT2D eigenvalue weighted by Crippen LogP contribution is -2.27. The minimum absolute atomic E-state index is 0.0412. The van der Waals surface area contributed by atoms with E-state index >= 15 is 0 Å². The summed E-state index contributed by atoms with van der Waals surface area (Å²) in [5.74, 6) is -2.35. The third-order valence-electron chi connectivity index (χ3n) is 6.20. The molecular formula is C30H24F3NO9. The van der Waals surface area contributed by atoms with Crippen LogP contribution in [0.1, 0.15) is 30.0 Å². The largest absolute Gasteiger partial charge is 0.511 e. The van der Waals surface area contributed by atoms with Crippen LogP contribution in [0.15, 0.2) is 72.8 Å². The Morgan fingerprint density at radius 2 is 1.42 bits per heavy atom. The molecule has 224 valence electrons. The molecule has 1 aromatic heterocycles. The van der Waals surface area contributed by atoms with Crippen LogP contribution in [0.2, 0.25) is 0 Å². The number of aromatic amines is 1. The van der Waals surface area contributed by atoms with Gasteiger partial charge in [-0.05, 0) is 72.8 Å². The minimum atomic E-state index is -4.46. The number of carbonyl (C=O) groups is 4. The summed E-state index contributed by atoms with van der Waals surface area (Å²) in [7, 11) is 1.18. The number of H-pyrrole nitrogens is 1. The van der Waals surface area contributed by atoms with Crippen molar-refractivity contribution in [1.29, 1.82) is 0 Å². The van der Waals surface area contributed by atoms with E-state index in [1.165, 1.54) is 67.8 Å². The molecule has 1 heterocycles. The lowest BCUT2D eigenvalue weighted by molar-refractivity contribution is -0.142. The van der Waals surface area contributed by atoms with Crippen molar-refractivity contribution in [2.75, 3.05) is 13.7 Å². The molecule has 10 nitrogen and oxygen atoms in total. The van der Waals surface area contributed by atoms with Gasteiger partial charge in [0.25, 0.3) is 0 Å². The number of Topliss-reactive ketones (excluding diaryl/α,β-unsaturated/α-hetero) is 2. The van der Waals surface area contributed by atoms with Gasteiger partial charge in [0, 0.05) is 23.0 Å². The average molecular weight is 600 g/mol. The maximum Gasteiger partial charge on any atom is 0.511 e. The number of methoxy groups -OCH3 is 1. The lowest BCUT2D eigenvalue weighted by atomic mass is 9.92. The number of halogens is 3. The molecule has 0 spiro atoms. The number of rotatable bonds is 12. The highest BCUT2D eigenvalue weighted by atomic mass is 19.4. The van der Waals surface area contributed by atoms with E-state index in [1.54, 1.807) is 0 Å². The van der Waals surface area contributed by atoms with Gasteiger partial charge in [-0.25, -0.2) is 4.79 Å². The Bertz CT molecular complexity index is 1630. The third-order valence-corrected chi connectivity index (χ3v) is 6.20. The molecule has 3 aromatic carbocycles. The number of esters is 1. The van der Waals surface area contributed by atoms with Gasteiger partial charge >= 0.3 is 18.3 Å². The molecule has 0 saturated heterocycles. The van der Waals surface area contributed by atoms with Gasteiger partial charge in [-0.15, -0.1) is 0 Å². The van der Waals surface area contributed by atoms with Gasteiger partial charge in [0.2, 0.25) is 0 Å². The molecule has 43 heavy (non-hydrogen) atoms. The van der Waals surface area contributed by atoms with E-state index in [1.807, 2.05) is 0 Å². The molecule has 1 unspecified atom stereocenters. The van der Waals surface area contributed by atoms with Gasteiger partial charge in [-0.1, -0.05) is 0 Å². The van der Waals surface area contributed by atoms with Crippen molar-refractivity contribution in [1.82, 2.24) is 4.98 Å². The molecule has 0 aliphatic heterocycles. The second kappa shape index (κ2) is 13.1. The van der Waals surface area contributed by atoms with Gasteiger partial charge in [0.15, 0.2) is 5.78 Å². The zero-order valence-electron chi connectivity index (χ0n) is 22.5. The quantitative estimate of drug-likeness (QED) is 0.109. The number of carboxylic acid groups (broad SMARTS) is 1. The van der Waals surface area contributed by atoms with Gasteiger partial charge in [0.1, 0.15) is 41.3 Å². The number of hydrogen-bond donors (Lipinski definition) is 2. The molecule has 0 saturated carbocycles. The highest BCUT2D eigenvalue weighted by Gasteiger charge is 2.31. The lowest BCUT2D eigenvalue weighted by Gasteiger charge is -2.14. The summed E-state index contributed by atoms with van der Waals surface area (Å²) >= 11 is 0. The molecule has 1 atom stereocenters. The Morgan fingerprint density at radius 3 is 2.02 bits per heavy atom. The number of alkyl halides is 3. The van der Waals surface area contributed by atoms with E-state index < -0.39 is 48.0 Å². The maximum atomic E-state index is 13.3. The average Bonchev–Trinajstić information content (AvgIpc) is 3.37. The number of nitrogens with one attached hydrogen (secondary N) is 1. The van der Waals surface area contributed by atoms with Crippen LogP contribution in [-0.4, -0.2) is 47.5 Å². The summed E-state index contributed by atoms with van der Waals surface area (Å²) in [6.07, 6.45) is -6.48. The summed E-state index contributed by atoms with van der Waals surface area (Å²) in [4.78, 5) is 51.9. The van der Waals surface area contributed by atoms with Crippen LogP contribution in [0.25, 0.3) is 10.9 Å². The predicted molar refractivity (Wildman–Crippen MR) is 144 cm³/mol. The molecule has 0 bridgehead atoms. The molecule has 4 rings (SSSR count). The molecular weight excluding hydrogens is 575 g/mol. The van der Waals surface area contributed by atoms with E-state index in [2.05, 4.69) is 14.5 Å². The van der Waals surface area contributed by atoms with Crippen LogP contribution in [0.3, 0.4) is 0 Å². The van der Waals surface area contributed by atoms with E-state index in [0.29, 0.717) is 16.7 Å². The molecule has 4 aromatic rings. The van der Waals surface area contributed by atoms with Crippen molar-refractivity contribution in [3.8, 4) is 23.0 Å². The van der Waals surface area contributed by atoms with Crippen LogP contribution < -0.4 is 14.2 Å². The monoisotopic (exact) mass is 599 g/mol. The Hall–Kier alpha value is -5.33. The molecule has 0 aliphatic carbocycles. The Kier molecular flexibility index (Phi) is 9.33. The van der Waals surface area contributed by atoms with Crippen molar-refractivity contribution in [3.63, 3.8) is 0 Å². The fourth-order valence-corrected chi connectivity index (χ4v) is 4.14. The first-order valence-corrected chi connectivity index (χ1v) is 12.7. The summed E-state index contributed by atoms with van der Waals surface area (Å²) in [5, 5.41) is 9.34. The van der Waals surface area contributed by atoms with Crippen molar-refractivity contribution in [2.24, 2.45) is 0 Å². The van der Waals surface area contributed by atoms with E-state index in [4.69, 9.17) is 14.6 Å². The summed E-state index contributed by atoms with van der Waals surface area (Å²) < 4.78 is 58.7. The zero-order chi connectivity index (χ0) is 31.1. The standard InChI is InChI=1S/C30H24F3NO9/c1-40-27(37)13-12-25(35)28(24-15-17-14-22(43-29(38)39)10-11-23(17)34-24)26(36)16-41-19-6-8-21(9-7-19)42-20-4-2-18(3-5-20)30(31,32)33/h2-11,14-15,28,34H,12-13,16H2,1H3,(H,38,39). The number of fused-ring (bicyclic) bond motifs is 1. The predicted octanol–water partition coefficient (Wildman–Crippen LogP) is 6.29. The first kappa shape index (κ1) is 30.6. The van der Waals surface area contributed by atoms with Crippen LogP contribution in [0.5, 0.6) is 23.0 Å². The molecule has 0 fully saturated rings. The van der Waals surface area contributed by atoms with Crippen LogP contribution in [-0.2, 0) is 25.3 Å². The number of aromatic nitrogens is 1. The van der Waals surface area contributed by atoms with E-state index in [-0.39, 0.29) is 35.8 Å². The van der Waals surface area contributed by atoms with Crippen molar-refractivity contribution >= 4 is 34.6 Å². The van der Waals surface area contributed by atoms with Crippen LogP contribution >= 0.6 is 0 Å². The van der Waals surface area contributed by atoms with Crippen LogP contribution in [0, 0.1) is 0 Å². The summed E-state index contributed by atoms with van der Waals surface area (Å²) in [6.45, 7) is -0.517. The fraction of sp³-hybridized carbons (Fsp3) is 0.200. The molecule has 13 heteroatoms. The Labute approximate surface area is 241 Å². The molecule has 0 aliphatic rings. The number of ether oxygens (including phenoxy) is 4. The topological polar surface area (TPSA) is 141 Å². The first-order chi connectivity index (χ1) is 20.4. The Morgan fingerprint density at radius 1 is 0.814 bits per heavy atom. The molecule has 2 N–H and O–H groups in total. The number of hydrogen-bond acceptors (Lipinski definition) is 8. The maximum absolute atomic E-state index is 13.3. The fourth-order valence-electron chi connectivity index (χ4n) is 4.14. The van der Waals surface area contributed by atoms with Crippen molar-refractivity contribution in [3.05, 3.63) is 84.1 Å². The second-order valence-corrected chi connectivity index (χ2v) is 9.17. The number of benzene rings is 3. The molecule has 0 radical (unpaired) electrons. The highest BCUT2D eigenvalue weighted by molar-refractivity contribution is 6.09. The van der Waals surface area contributed by atoms with Gasteiger partial charge in [-0.3, -0.25) is 14.4 Å². The van der Waals surface area contributed by atoms with Crippen molar-refractivity contribution < 1.29 is 56.4 Å². The molecule has 0 amide bonds. The third kappa shape index (κ3) is 8.12. The minimum Gasteiger partial charge on any atom is -0.486 e. The van der Waals surface area contributed by atoms with Crippen molar-refractivity contribution in [2.45, 2.75) is 24.9 Å². The normalized spacial score (nSPS) is 11.9. The number of carbonyl (C=O) groups excluding carboxylic acids is 3. The highest BCUT2D eigenvalue weighted by Crippen LogP contribution is 2.32. The van der Waals surface area contributed by atoms with Crippen LogP contribution in [0.4, 0.5) is 18.0 Å². The number of ketones is 2. The zero-order valence-corrected chi connectivity index (χ0v) is 22.5. The summed E-state index contributed by atoms with van der Waals surface area (Å²) in [6, 6.07) is 16.0. The van der Waals surface area contributed by atoms with Gasteiger partial charge in [0.05, 0.1) is 19.1 Å². The van der Waals surface area contributed by atoms with E-state index in [0.717, 1.165) is 12.1 Å².